The van der Waals surface area contributed by atoms with Crippen LogP contribution < -0.4 is 9.47 Å². The third kappa shape index (κ3) is 3.58. The van der Waals surface area contributed by atoms with Gasteiger partial charge in [-0.05, 0) is 34.5 Å². The first-order valence-corrected chi connectivity index (χ1v) is 8.07. The molecule has 0 heterocycles. The van der Waals surface area contributed by atoms with E-state index in [1.165, 1.54) is 10.8 Å². The molecular formula is C21H21NO3. The molecule has 0 unspecified atom stereocenters. The normalized spacial score (nSPS) is 10.5. The van der Waals surface area contributed by atoms with Crippen molar-refractivity contribution >= 4 is 16.7 Å². The highest BCUT2D eigenvalue weighted by Gasteiger charge is 2.17. The summed E-state index contributed by atoms with van der Waals surface area (Å²) < 4.78 is 10.5. The summed E-state index contributed by atoms with van der Waals surface area (Å²) in [6.45, 7) is 0.527. The first-order valence-electron chi connectivity index (χ1n) is 8.07. The molecule has 0 atom stereocenters. The third-order valence-electron chi connectivity index (χ3n) is 4.22. The summed E-state index contributed by atoms with van der Waals surface area (Å²) >= 11 is 0. The van der Waals surface area contributed by atoms with Gasteiger partial charge in [-0.3, -0.25) is 4.79 Å². The molecule has 3 rings (SSSR count). The van der Waals surface area contributed by atoms with E-state index in [1.807, 2.05) is 12.1 Å². The highest BCUT2D eigenvalue weighted by atomic mass is 16.5. The fourth-order valence-electron chi connectivity index (χ4n) is 2.86. The minimum absolute atomic E-state index is 0.0901. The second kappa shape index (κ2) is 7.26. The molecule has 0 spiro atoms. The first kappa shape index (κ1) is 16.8. The van der Waals surface area contributed by atoms with Gasteiger partial charge in [-0.15, -0.1) is 0 Å². The van der Waals surface area contributed by atoms with Crippen molar-refractivity contribution < 1.29 is 14.3 Å². The van der Waals surface area contributed by atoms with Gasteiger partial charge in [0.25, 0.3) is 5.91 Å². The standard InChI is InChI=1S/C21H21NO3/c1-22(14-15-8-9-16-6-4-5-7-17(16)12-15)21(23)19-11-10-18(24-2)13-20(19)25-3/h4-13H,14H2,1-3H3. The number of carbonyl (C=O) groups is 1. The summed E-state index contributed by atoms with van der Waals surface area (Å²) in [5, 5.41) is 2.36. The van der Waals surface area contributed by atoms with Gasteiger partial charge in [-0.2, -0.15) is 0 Å². The van der Waals surface area contributed by atoms with E-state index in [1.54, 1.807) is 44.4 Å². The highest BCUT2D eigenvalue weighted by molar-refractivity contribution is 5.97. The van der Waals surface area contributed by atoms with E-state index in [9.17, 15) is 4.79 Å². The smallest absolute Gasteiger partial charge is 0.257 e. The van der Waals surface area contributed by atoms with Gasteiger partial charge in [0, 0.05) is 19.7 Å². The Bertz CT molecular complexity index is 905. The van der Waals surface area contributed by atoms with Crippen LogP contribution in [-0.4, -0.2) is 32.1 Å². The summed E-state index contributed by atoms with van der Waals surface area (Å²) in [7, 11) is 4.93. The Kier molecular flexibility index (Phi) is 4.89. The summed E-state index contributed by atoms with van der Waals surface area (Å²) in [4.78, 5) is 14.5. The van der Waals surface area contributed by atoms with E-state index in [4.69, 9.17) is 9.47 Å². The predicted octanol–water partition coefficient (Wildman–Crippen LogP) is 4.13. The lowest BCUT2D eigenvalue weighted by molar-refractivity contribution is 0.0781. The molecule has 3 aromatic rings. The molecule has 0 radical (unpaired) electrons. The van der Waals surface area contributed by atoms with Crippen molar-refractivity contribution in [3.8, 4) is 11.5 Å². The molecule has 1 amide bonds. The highest BCUT2D eigenvalue weighted by Crippen LogP contribution is 2.26. The van der Waals surface area contributed by atoms with Crippen molar-refractivity contribution in [2.75, 3.05) is 21.3 Å². The Morgan fingerprint density at radius 3 is 2.40 bits per heavy atom. The van der Waals surface area contributed by atoms with Crippen molar-refractivity contribution in [1.29, 1.82) is 0 Å². The van der Waals surface area contributed by atoms with Crippen molar-refractivity contribution in [3.63, 3.8) is 0 Å². The van der Waals surface area contributed by atoms with Crippen LogP contribution in [0.25, 0.3) is 10.8 Å². The number of carbonyl (C=O) groups excluding carboxylic acids is 1. The molecule has 0 saturated heterocycles. The monoisotopic (exact) mass is 335 g/mol. The molecular weight excluding hydrogens is 314 g/mol. The molecule has 0 aromatic heterocycles. The molecule has 25 heavy (non-hydrogen) atoms. The summed E-state index contributed by atoms with van der Waals surface area (Å²) in [5.41, 5.74) is 1.61. The van der Waals surface area contributed by atoms with E-state index >= 15 is 0 Å². The van der Waals surface area contributed by atoms with Crippen LogP contribution in [0.1, 0.15) is 15.9 Å². The average Bonchev–Trinajstić information content (AvgIpc) is 2.66. The van der Waals surface area contributed by atoms with Crippen molar-refractivity contribution in [3.05, 3.63) is 71.8 Å². The van der Waals surface area contributed by atoms with Gasteiger partial charge in [-0.25, -0.2) is 0 Å². The zero-order valence-corrected chi connectivity index (χ0v) is 14.7. The molecule has 128 valence electrons. The lowest BCUT2D eigenvalue weighted by atomic mass is 10.1. The Morgan fingerprint density at radius 2 is 1.68 bits per heavy atom. The Labute approximate surface area is 147 Å². The number of ether oxygens (including phenoxy) is 2. The molecule has 0 saturated carbocycles. The van der Waals surface area contributed by atoms with Crippen LogP contribution in [0.5, 0.6) is 11.5 Å². The second-order valence-corrected chi connectivity index (χ2v) is 5.91. The molecule has 0 aliphatic heterocycles. The number of methoxy groups -OCH3 is 2. The molecule has 0 aliphatic carbocycles. The zero-order valence-electron chi connectivity index (χ0n) is 14.7. The van der Waals surface area contributed by atoms with Crippen molar-refractivity contribution in [2.45, 2.75) is 6.54 Å². The van der Waals surface area contributed by atoms with Gasteiger partial charge < -0.3 is 14.4 Å². The molecule has 0 fully saturated rings. The van der Waals surface area contributed by atoms with E-state index in [0.29, 0.717) is 23.6 Å². The SMILES string of the molecule is COc1ccc(C(=O)N(C)Cc2ccc3ccccc3c2)c(OC)c1. The van der Waals surface area contributed by atoms with Crippen LogP contribution >= 0.6 is 0 Å². The van der Waals surface area contributed by atoms with Crippen LogP contribution in [0.15, 0.2) is 60.7 Å². The summed E-state index contributed by atoms with van der Waals surface area (Å²) in [6.07, 6.45) is 0. The zero-order chi connectivity index (χ0) is 17.8. The van der Waals surface area contributed by atoms with Crippen LogP contribution in [-0.2, 0) is 6.54 Å². The number of nitrogens with zero attached hydrogens (tertiary/aromatic N) is 1. The maximum atomic E-state index is 12.8. The number of rotatable bonds is 5. The maximum absolute atomic E-state index is 12.8. The third-order valence-corrected chi connectivity index (χ3v) is 4.22. The Morgan fingerprint density at radius 1 is 0.920 bits per heavy atom. The summed E-state index contributed by atoms with van der Waals surface area (Å²) in [5.74, 6) is 1.08. The predicted molar refractivity (Wildman–Crippen MR) is 99.3 cm³/mol. The van der Waals surface area contributed by atoms with Gasteiger partial charge in [0.05, 0.1) is 19.8 Å². The molecule has 4 heteroatoms. The molecule has 0 aliphatic rings. The maximum Gasteiger partial charge on any atom is 0.257 e. The molecule has 0 N–H and O–H groups in total. The topological polar surface area (TPSA) is 38.8 Å². The van der Waals surface area contributed by atoms with E-state index < -0.39 is 0 Å². The van der Waals surface area contributed by atoms with Gasteiger partial charge in [-0.1, -0.05) is 36.4 Å². The van der Waals surface area contributed by atoms with Gasteiger partial charge in [0.2, 0.25) is 0 Å². The quantitative estimate of drug-likeness (QED) is 0.704. The van der Waals surface area contributed by atoms with Crippen LogP contribution in [0, 0.1) is 0 Å². The van der Waals surface area contributed by atoms with Crippen molar-refractivity contribution in [2.24, 2.45) is 0 Å². The van der Waals surface area contributed by atoms with Crippen LogP contribution in [0.4, 0.5) is 0 Å². The minimum Gasteiger partial charge on any atom is -0.497 e. The Balaban J connectivity index is 1.82. The first-order chi connectivity index (χ1) is 12.1. The van der Waals surface area contributed by atoms with Gasteiger partial charge >= 0.3 is 0 Å². The van der Waals surface area contributed by atoms with E-state index in [0.717, 1.165) is 5.56 Å². The number of hydrogen-bond donors (Lipinski definition) is 0. The number of amides is 1. The molecule has 4 nitrogen and oxygen atoms in total. The number of hydrogen-bond acceptors (Lipinski definition) is 3. The summed E-state index contributed by atoms with van der Waals surface area (Å²) in [6, 6.07) is 19.7. The van der Waals surface area contributed by atoms with Crippen LogP contribution in [0.3, 0.4) is 0 Å². The lowest BCUT2D eigenvalue weighted by Gasteiger charge is -2.19. The number of fused-ring (bicyclic) bond motifs is 1. The lowest BCUT2D eigenvalue weighted by Crippen LogP contribution is -2.26. The fraction of sp³-hybridized carbons (Fsp3) is 0.190. The second-order valence-electron chi connectivity index (χ2n) is 5.91. The fourth-order valence-corrected chi connectivity index (χ4v) is 2.86. The van der Waals surface area contributed by atoms with E-state index in [-0.39, 0.29) is 5.91 Å². The van der Waals surface area contributed by atoms with Gasteiger partial charge in [0.15, 0.2) is 0 Å². The number of benzene rings is 3. The molecule has 0 bridgehead atoms. The largest absolute Gasteiger partial charge is 0.497 e. The molecule has 3 aromatic carbocycles. The average molecular weight is 335 g/mol. The minimum atomic E-state index is -0.0901. The van der Waals surface area contributed by atoms with Crippen molar-refractivity contribution in [1.82, 2.24) is 4.90 Å². The van der Waals surface area contributed by atoms with Crippen LogP contribution in [0.2, 0.25) is 0 Å². The van der Waals surface area contributed by atoms with E-state index in [2.05, 4.69) is 30.3 Å². The Hall–Kier alpha value is -3.01. The van der Waals surface area contributed by atoms with Gasteiger partial charge in [0.1, 0.15) is 11.5 Å².